The molecule has 5 heteroatoms. The fourth-order valence-electron chi connectivity index (χ4n) is 2.35. The maximum Gasteiger partial charge on any atom is 0.151 e. The molecule has 5 nitrogen and oxygen atoms in total. The molecule has 1 aliphatic heterocycles. The summed E-state index contributed by atoms with van der Waals surface area (Å²) in [5.41, 5.74) is 7.08. The zero-order chi connectivity index (χ0) is 12.8. The van der Waals surface area contributed by atoms with Crippen molar-refractivity contribution in [1.82, 2.24) is 9.78 Å². The van der Waals surface area contributed by atoms with Crippen LogP contribution in [0, 0.1) is 6.92 Å². The molecule has 1 fully saturated rings. The van der Waals surface area contributed by atoms with E-state index in [4.69, 9.17) is 5.73 Å². The van der Waals surface area contributed by atoms with Crippen molar-refractivity contribution in [3.05, 3.63) is 5.69 Å². The van der Waals surface area contributed by atoms with Crippen LogP contribution in [0.1, 0.15) is 38.9 Å². The SMILES string of the molecule is Cc1nn(C(C)C)c(N2CCC(C)(O)C2)c1N. The predicted octanol–water partition coefficient (Wildman–Crippen LogP) is 1.32. The summed E-state index contributed by atoms with van der Waals surface area (Å²) >= 11 is 0. The zero-order valence-electron chi connectivity index (χ0n) is 11.1. The van der Waals surface area contributed by atoms with Crippen molar-refractivity contribution in [2.45, 2.75) is 45.8 Å². The van der Waals surface area contributed by atoms with Crippen LogP contribution in [0.15, 0.2) is 0 Å². The summed E-state index contributed by atoms with van der Waals surface area (Å²) < 4.78 is 1.95. The van der Waals surface area contributed by atoms with Gasteiger partial charge in [-0.05, 0) is 34.1 Å². The molecule has 96 valence electrons. The van der Waals surface area contributed by atoms with Gasteiger partial charge < -0.3 is 15.7 Å². The van der Waals surface area contributed by atoms with Gasteiger partial charge in [-0.1, -0.05) is 0 Å². The highest BCUT2D eigenvalue weighted by molar-refractivity contribution is 5.67. The van der Waals surface area contributed by atoms with Gasteiger partial charge in [0.05, 0.1) is 17.0 Å². The number of nitrogens with zero attached hydrogens (tertiary/aromatic N) is 3. The van der Waals surface area contributed by atoms with Crippen molar-refractivity contribution in [1.29, 1.82) is 0 Å². The van der Waals surface area contributed by atoms with E-state index in [0.29, 0.717) is 6.54 Å². The minimum atomic E-state index is -0.619. The molecule has 1 aromatic heterocycles. The number of hydrogen-bond acceptors (Lipinski definition) is 4. The lowest BCUT2D eigenvalue weighted by Gasteiger charge is -2.23. The van der Waals surface area contributed by atoms with Crippen LogP contribution in [0.3, 0.4) is 0 Å². The molecule has 1 atom stereocenters. The van der Waals surface area contributed by atoms with Crippen LogP contribution in [0.4, 0.5) is 11.5 Å². The Hall–Kier alpha value is -1.23. The Balaban J connectivity index is 2.38. The van der Waals surface area contributed by atoms with Crippen molar-refractivity contribution < 1.29 is 5.11 Å². The maximum absolute atomic E-state index is 10.0. The van der Waals surface area contributed by atoms with E-state index in [1.807, 2.05) is 18.5 Å². The van der Waals surface area contributed by atoms with E-state index in [9.17, 15) is 5.11 Å². The molecule has 2 rings (SSSR count). The summed E-state index contributed by atoms with van der Waals surface area (Å²) in [7, 11) is 0. The Bertz CT molecular complexity index is 422. The number of anilines is 2. The standard InChI is InChI=1S/C12H22N4O/c1-8(2)16-11(10(13)9(3)14-16)15-6-5-12(4,17)7-15/h8,17H,5-7,13H2,1-4H3. The van der Waals surface area contributed by atoms with Gasteiger partial charge in [-0.15, -0.1) is 0 Å². The van der Waals surface area contributed by atoms with Crippen molar-refractivity contribution in [3.8, 4) is 0 Å². The smallest absolute Gasteiger partial charge is 0.151 e. The highest BCUT2D eigenvalue weighted by atomic mass is 16.3. The van der Waals surface area contributed by atoms with Crippen LogP contribution in [0.25, 0.3) is 0 Å². The molecule has 1 aliphatic rings. The van der Waals surface area contributed by atoms with E-state index in [2.05, 4.69) is 23.8 Å². The first-order valence-corrected chi connectivity index (χ1v) is 6.14. The first-order chi connectivity index (χ1) is 7.82. The molecule has 0 radical (unpaired) electrons. The summed E-state index contributed by atoms with van der Waals surface area (Å²) in [5, 5.41) is 14.5. The fraction of sp³-hybridized carbons (Fsp3) is 0.750. The Morgan fingerprint density at radius 3 is 2.59 bits per heavy atom. The molecule has 0 aliphatic carbocycles. The molecule has 3 N–H and O–H groups in total. The molecule has 1 unspecified atom stereocenters. The minimum Gasteiger partial charge on any atom is -0.394 e. The third-order valence-electron chi connectivity index (χ3n) is 3.35. The van der Waals surface area contributed by atoms with E-state index in [-0.39, 0.29) is 6.04 Å². The second kappa shape index (κ2) is 3.91. The largest absolute Gasteiger partial charge is 0.394 e. The number of aryl methyl sites for hydroxylation is 1. The highest BCUT2D eigenvalue weighted by Gasteiger charge is 2.34. The number of aliphatic hydroxyl groups is 1. The average molecular weight is 238 g/mol. The average Bonchev–Trinajstić information content (AvgIpc) is 2.69. The van der Waals surface area contributed by atoms with Gasteiger partial charge in [-0.3, -0.25) is 0 Å². The number of aromatic nitrogens is 2. The molecule has 17 heavy (non-hydrogen) atoms. The van der Waals surface area contributed by atoms with Crippen molar-refractivity contribution >= 4 is 11.5 Å². The summed E-state index contributed by atoms with van der Waals surface area (Å²) in [5.74, 6) is 0.954. The van der Waals surface area contributed by atoms with Crippen LogP contribution >= 0.6 is 0 Å². The minimum absolute atomic E-state index is 0.270. The van der Waals surface area contributed by atoms with E-state index < -0.39 is 5.60 Å². The van der Waals surface area contributed by atoms with Crippen molar-refractivity contribution in [2.75, 3.05) is 23.7 Å². The van der Waals surface area contributed by atoms with Gasteiger partial charge >= 0.3 is 0 Å². The Kier molecular flexibility index (Phi) is 2.81. The van der Waals surface area contributed by atoms with E-state index in [1.54, 1.807) is 0 Å². The molecular weight excluding hydrogens is 216 g/mol. The second-order valence-electron chi connectivity index (χ2n) is 5.53. The predicted molar refractivity (Wildman–Crippen MR) is 69.2 cm³/mol. The van der Waals surface area contributed by atoms with Gasteiger partial charge in [0.25, 0.3) is 0 Å². The quantitative estimate of drug-likeness (QED) is 0.815. The van der Waals surface area contributed by atoms with Gasteiger partial charge in [0, 0.05) is 19.1 Å². The number of nitrogens with two attached hydrogens (primary N) is 1. The number of β-amino-alcohol motifs (C(OH)–C–C–N with tert-alkyl or cyclic N) is 1. The lowest BCUT2D eigenvalue weighted by molar-refractivity contribution is 0.0838. The number of hydrogen-bond donors (Lipinski definition) is 2. The van der Waals surface area contributed by atoms with Crippen LogP contribution in [0.5, 0.6) is 0 Å². The van der Waals surface area contributed by atoms with Crippen LogP contribution in [0.2, 0.25) is 0 Å². The Labute approximate surface area is 102 Å². The zero-order valence-corrected chi connectivity index (χ0v) is 11.1. The maximum atomic E-state index is 10.0. The normalized spacial score (nSPS) is 24.9. The lowest BCUT2D eigenvalue weighted by atomic mass is 10.1. The first kappa shape index (κ1) is 12.2. The fourth-order valence-corrected chi connectivity index (χ4v) is 2.35. The van der Waals surface area contributed by atoms with E-state index >= 15 is 0 Å². The molecule has 0 amide bonds. The van der Waals surface area contributed by atoms with Gasteiger partial charge in [-0.25, -0.2) is 4.68 Å². The Morgan fingerprint density at radius 1 is 1.47 bits per heavy atom. The lowest BCUT2D eigenvalue weighted by Crippen LogP contribution is -2.31. The summed E-state index contributed by atoms with van der Waals surface area (Å²) in [4.78, 5) is 2.13. The van der Waals surface area contributed by atoms with Crippen LogP contribution in [-0.2, 0) is 0 Å². The van der Waals surface area contributed by atoms with Gasteiger partial charge in [0.1, 0.15) is 0 Å². The molecule has 2 heterocycles. The van der Waals surface area contributed by atoms with Gasteiger partial charge in [0.15, 0.2) is 5.82 Å². The monoisotopic (exact) mass is 238 g/mol. The molecule has 1 aromatic rings. The van der Waals surface area contributed by atoms with Crippen molar-refractivity contribution in [3.63, 3.8) is 0 Å². The van der Waals surface area contributed by atoms with Crippen molar-refractivity contribution in [2.24, 2.45) is 0 Å². The van der Waals surface area contributed by atoms with Gasteiger partial charge in [-0.2, -0.15) is 5.10 Å². The van der Waals surface area contributed by atoms with E-state index in [0.717, 1.165) is 30.2 Å². The number of rotatable bonds is 2. The molecule has 0 spiro atoms. The van der Waals surface area contributed by atoms with Crippen LogP contribution < -0.4 is 10.6 Å². The summed E-state index contributed by atoms with van der Waals surface area (Å²) in [6, 6.07) is 0.270. The molecule has 0 bridgehead atoms. The first-order valence-electron chi connectivity index (χ1n) is 6.14. The van der Waals surface area contributed by atoms with Gasteiger partial charge in [0.2, 0.25) is 0 Å². The Morgan fingerprint density at radius 2 is 2.12 bits per heavy atom. The second-order valence-corrected chi connectivity index (χ2v) is 5.53. The van der Waals surface area contributed by atoms with Crippen LogP contribution in [-0.4, -0.2) is 33.6 Å². The molecule has 0 saturated carbocycles. The highest BCUT2D eigenvalue weighted by Crippen LogP contribution is 2.34. The molecule has 0 aromatic carbocycles. The third-order valence-corrected chi connectivity index (χ3v) is 3.35. The topological polar surface area (TPSA) is 67.3 Å². The summed E-state index contributed by atoms with van der Waals surface area (Å²) in [6.07, 6.45) is 0.773. The number of nitrogen functional groups attached to an aromatic ring is 1. The van der Waals surface area contributed by atoms with E-state index in [1.165, 1.54) is 0 Å². The molecular formula is C12H22N4O. The third kappa shape index (κ3) is 2.11. The summed E-state index contributed by atoms with van der Waals surface area (Å²) in [6.45, 7) is 9.41. The molecule has 1 saturated heterocycles.